The molecule has 0 aliphatic heterocycles. The third-order valence-electron chi connectivity index (χ3n) is 1.66. The molecule has 82 valence electrons. The molecule has 0 aromatic heterocycles. The van der Waals surface area contributed by atoms with E-state index in [0.717, 1.165) is 0 Å². The van der Waals surface area contributed by atoms with Crippen LogP contribution >= 0.6 is 0 Å². The summed E-state index contributed by atoms with van der Waals surface area (Å²) in [6.07, 6.45) is -4.87. The molecular weight excluding hydrogens is 216 g/mol. The number of alkyl halides is 3. The molecular formula is C8H6F4N2O. The first-order valence-electron chi connectivity index (χ1n) is 3.69. The number of carbonyl (C=O) groups is 1. The van der Waals surface area contributed by atoms with Gasteiger partial charge in [0.25, 0.3) is 5.91 Å². The van der Waals surface area contributed by atoms with Gasteiger partial charge in [0.15, 0.2) is 0 Å². The van der Waals surface area contributed by atoms with Gasteiger partial charge in [0.1, 0.15) is 5.82 Å². The summed E-state index contributed by atoms with van der Waals surface area (Å²) in [6.45, 7) is 0. The average molecular weight is 222 g/mol. The fourth-order valence-corrected chi connectivity index (χ4v) is 1.10. The maximum atomic E-state index is 13.0. The molecule has 4 N–H and O–H groups in total. The topological polar surface area (TPSA) is 69.1 Å². The molecule has 0 fully saturated rings. The van der Waals surface area contributed by atoms with Gasteiger partial charge in [0.05, 0.1) is 11.1 Å². The number of rotatable bonds is 1. The lowest BCUT2D eigenvalue weighted by Crippen LogP contribution is -2.21. The van der Waals surface area contributed by atoms with Crippen LogP contribution in [0.1, 0.15) is 15.9 Å². The first-order valence-corrected chi connectivity index (χ1v) is 3.69. The molecule has 1 amide bonds. The largest absolute Gasteiger partial charge is 0.417 e. The summed E-state index contributed by atoms with van der Waals surface area (Å²) in [4.78, 5) is 10.6. The summed E-state index contributed by atoms with van der Waals surface area (Å²) in [5.74, 6) is -2.87. The molecule has 0 unspecified atom stereocenters. The van der Waals surface area contributed by atoms with Gasteiger partial charge in [-0.3, -0.25) is 4.79 Å². The molecule has 0 aliphatic carbocycles. The van der Waals surface area contributed by atoms with E-state index >= 15 is 0 Å². The second kappa shape index (κ2) is 3.41. The van der Waals surface area contributed by atoms with Gasteiger partial charge in [-0.25, -0.2) is 4.39 Å². The van der Waals surface area contributed by atoms with Crippen LogP contribution in [0.5, 0.6) is 0 Å². The predicted octanol–water partition coefficient (Wildman–Crippen LogP) is 1.53. The van der Waals surface area contributed by atoms with Crippen LogP contribution in [0.4, 0.5) is 23.2 Å². The first-order chi connectivity index (χ1) is 6.73. The number of anilines is 1. The van der Waals surface area contributed by atoms with Gasteiger partial charge in [-0.15, -0.1) is 0 Å². The highest BCUT2D eigenvalue weighted by atomic mass is 19.4. The fourth-order valence-electron chi connectivity index (χ4n) is 1.10. The summed E-state index contributed by atoms with van der Waals surface area (Å²) in [5.41, 5.74) is 6.59. The summed E-state index contributed by atoms with van der Waals surface area (Å²) in [7, 11) is 0. The van der Waals surface area contributed by atoms with Crippen molar-refractivity contribution in [1.29, 1.82) is 0 Å². The summed E-state index contributed by atoms with van der Waals surface area (Å²) >= 11 is 0. The van der Waals surface area contributed by atoms with Crippen LogP contribution in [-0.2, 0) is 6.18 Å². The minimum atomic E-state index is -4.87. The molecule has 1 aromatic rings. The highest BCUT2D eigenvalue weighted by Crippen LogP contribution is 2.34. The molecule has 0 radical (unpaired) electrons. The quantitative estimate of drug-likeness (QED) is 0.558. The minimum Gasteiger partial charge on any atom is -0.399 e. The molecule has 0 atom stereocenters. The maximum Gasteiger partial charge on any atom is 0.417 e. The summed E-state index contributed by atoms with van der Waals surface area (Å²) in [6, 6.07) is 1.07. The van der Waals surface area contributed by atoms with E-state index in [2.05, 4.69) is 5.73 Å². The average Bonchev–Trinajstić information content (AvgIpc) is 1.99. The van der Waals surface area contributed by atoms with Crippen molar-refractivity contribution in [3.8, 4) is 0 Å². The zero-order valence-electron chi connectivity index (χ0n) is 7.23. The van der Waals surface area contributed by atoms with Crippen molar-refractivity contribution in [2.24, 2.45) is 5.73 Å². The summed E-state index contributed by atoms with van der Waals surface area (Å²) in [5, 5.41) is 0. The van der Waals surface area contributed by atoms with E-state index in [9.17, 15) is 22.4 Å². The lowest BCUT2D eigenvalue weighted by molar-refractivity contribution is -0.138. The SMILES string of the molecule is NC(=O)c1c(F)cc(N)cc1C(F)(F)F. The Morgan fingerprint density at radius 1 is 1.27 bits per heavy atom. The number of halogens is 4. The minimum absolute atomic E-state index is 0.426. The molecule has 0 saturated heterocycles. The van der Waals surface area contributed by atoms with Crippen molar-refractivity contribution < 1.29 is 22.4 Å². The standard InChI is InChI=1S/C8H6F4N2O/c9-5-2-3(13)1-4(8(10,11)12)6(5)7(14)15/h1-2H,13H2,(H2,14,15). The molecule has 1 aromatic carbocycles. The van der Waals surface area contributed by atoms with Crippen LogP contribution in [0.3, 0.4) is 0 Å². The Labute approximate surface area is 81.7 Å². The van der Waals surface area contributed by atoms with E-state index in [1.807, 2.05) is 0 Å². The molecule has 1 rings (SSSR count). The van der Waals surface area contributed by atoms with Crippen molar-refractivity contribution in [2.45, 2.75) is 6.18 Å². The summed E-state index contributed by atoms with van der Waals surface area (Å²) < 4.78 is 50.0. The lowest BCUT2D eigenvalue weighted by atomic mass is 10.0. The number of hydrogen-bond donors (Lipinski definition) is 2. The number of amides is 1. The van der Waals surface area contributed by atoms with Crippen molar-refractivity contribution >= 4 is 11.6 Å². The van der Waals surface area contributed by atoms with Crippen molar-refractivity contribution in [3.63, 3.8) is 0 Å². The monoisotopic (exact) mass is 222 g/mol. The Bertz CT molecular complexity index is 414. The number of carbonyl (C=O) groups excluding carboxylic acids is 1. The molecule has 0 heterocycles. The number of nitrogens with two attached hydrogens (primary N) is 2. The smallest absolute Gasteiger partial charge is 0.399 e. The van der Waals surface area contributed by atoms with Crippen molar-refractivity contribution in [2.75, 3.05) is 5.73 Å². The van der Waals surface area contributed by atoms with Crippen molar-refractivity contribution in [1.82, 2.24) is 0 Å². The third-order valence-corrected chi connectivity index (χ3v) is 1.66. The van der Waals surface area contributed by atoms with E-state index in [1.54, 1.807) is 0 Å². The Morgan fingerprint density at radius 2 is 1.80 bits per heavy atom. The maximum absolute atomic E-state index is 13.0. The van der Waals surface area contributed by atoms with E-state index in [0.29, 0.717) is 12.1 Å². The molecule has 15 heavy (non-hydrogen) atoms. The van der Waals surface area contributed by atoms with E-state index in [4.69, 9.17) is 5.73 Å². The van der Waals surface area contributed by atoms with Crippen LogP contribution in [0.15, 0.2) is 12.1 Å². The van der Waals surface area contributed by atoms with Gasteiger partial charge >= 0.3 is 6.18 Å². The molecule has 3 nitrogen and oxygen atoms in total. The van der Waals surface area contributed by atoms with Gasteiger partial charge in [-0.2, -0.15) is 13.2 Å². The van der Waals surface area contributed by atoms with Crippen LogP contribution in [-0.4, -0.2) is 5.91 Å². The number of primary amides is 1. The second-order valence-corrected chi connectivity index (χ2v) is 2.79. The Kier molecular flexibility index (Phi) is 2.57. The molecule has 0 spiro atoms. The third kappa shape index (κ3) is 2.17. The van der Waals surface area contributed by atoms with Crippen LogP contribution < -0.4 is 11.5 Å². The van der Waals surface area contributed by atoms with E-state index in [-0.39, 0.29) is 0 Å². The van der Waals surface area contributed by atoms with E-state index < -0.39 is 34.7 Å². The van der Waals surface area contributed by atoms with Crippen molar-refractivity contribution in [3.05, 3.63) is 29.1 Å². The number of benzene rings is 1. The fraction of sp³-hybridized carbons (Fsp3) is 0.125. The van der Waals surface area contributed by atoms with Gasteiger partial charge in [0.2, 0.25) is 0 Å². The molecule has 0 bridgehead atoms. The molecule has 0 saturated carbocycles. The Hall–Kier alpha value is -1.79. The van der Waals surface area contributed by atoms with Crippen LogP contribution in [0.25, 0.3) is 0 Å². The Balaban J connectivity index is 3.54. The van der Waals surface area contributed by atoms with Gasteiger partial charge in [0, 0.05) is 5.69 Å². The highest BCUT2D eigenvalue weighted by Gasteiger charge is 2.36. The Morgan fingerprint density at radius 3 is 2.20 bits per heavy atom. The van der Waals surface area contributed by atoms with Gasteiger partial charge in [-0.1, -0.05) is 0 Å². The number of hydrogen-bond acceptors (Lipinski definition) is 2. The zero-order chi connectivity index (χ0) is 11.8. The van der Waals surface area contributed by atoms with Gasteiger partial charge < -0.3 is 11.5 Å². The highest BCUT2D eigenvalue weighted by molar-refractivity contribution is 5.95. The lowest BCUT2D eigenvalue weighted by Gasteiger charge is -2.12. The molecule has 7 heteroatoms. The first kappa shape index (κ1) is 11.3. The van der Waals surface area contributed by atoms with Crippen LogP contribution in [0.2, 0.25) is 0 Å². The van der Waals surface area contributed by atoms with Gasteiger partial charge in [-0.05, 0) is 12.1 Å². The predicted molar refractivity (Wildman–Crippen MR) is 44.3 cm³/mol. The van der Waals surface area contributed by atoms with Crippen LogP contribution in [0, 0.1) is 5.82 Å². The second-order valence-electron chi connectivity index (χ2n) is 2.79. The molecule has 0 aliphatic rings. The normalized spacial score (nSPS) is 11.5. The zero-order valence-corrected chi connectivity index (χ0v) is 7.23. The number of nitrogen functional groups attached to an aromatic ring is 1. The van der Waals surface area contributed by atoms with E-state index in [1.165, 1.54) is 0 Å².